The molecule has 1 amide bonds. The number of aliphatic hydroxyl groups excluding tert-OH is 1. The smallest absolute Gasteiger partial charge is 0.340 e. The lowest BCUT2D eigenvalue weighted by atomic mass is 10.2. The normalized spacial score (nSPS) is 12.0. The Hall–Kier alpha value is -3.29. The number of para-hydroxylation sites is 3. The van der Waals surface area contributed by atoms with Crippen molar-refractivity contribution >= 4 is 40.7 Å². The highest BCUT2D eigenvalue weighted by Gasteiger charge is 2.28. The molecule has 4 rings (SSSR count). The van der Waals surface area contributed by atoms with Gasteiger partial charge in [0.2, 0.25) is 0 Å². The Bertz CT molecular complexity index is 1040. The molecule has 3 aromatic carbocycles. The zero-order valence-corrected chi connectivity index (χ0v) is 16.9. The fourth-order valence-electron chi connectivity index (χ4n) is 3.25. The molecular formula is C23H20N2O4S. The molecule has 0 unspecified atom stereocenters. The predicted molar refractivity (Wildman–Crippen MR) is 116 cm³/mol. The number of benzene rings is 3. The van der Waals surface area contributed by atoms with Crippen molar-refractivity contribution in [2.24, 2.45) is 0 Å². The van der Waals surface area contributed by atoms with Crippen molar-refractivity contribution in [3.05, 3.63) is 78.4 Å². The Morgan fingerprint density at radius 2 is 1.50 bits per heavy atom. The van der Waals surface area contributed by atoms with E-state index < -0.39 is 5.97 Å². The van der Waals surface area contributed by atoms with Crippen LogP contribution in [0.3, 0.4) is 0 Å². The Morgan fingerprint density at radius 3 is 2.17 bits per heavy atom. The van der Waals surface area contributed by atoms with Gasteiger partial charge >= 0.3 is 5.97 Å². The second-order valence-corrected chi connectivity index (χ2v) is 7.62. The summed E-state index contributed by atoms with van der Waals surface area (Å²) in [7, 11) is 0. The summed E-state index contributed by atoms with van der Waals surface area (Å²) in [6.45, 7) is -0.142. The average molecular weight is 420 g/mol. The first-order valence-electron chi connectivity index (χ1n) is 9.49. The highest BCUT2D eigenvalue weighted by molar-refractivity contribution is 7.99. The van der Waals surface area contributed by atoms with Crippen molar-refractivity contribution in [1.82, 2.24) is 0 Å². The minimum absolute atomic E-state index is 0.0618. The van der Waals surface area contributed by atoms with Gasteiger partial charge in [0.05, 0.1) is 23.5 Å². The summed E-state index contributed by atoms with van der Waals surface area (Å²) in [6.07, 6.45) is 0. The van der Waals surface area contributed by atoms with Crippen LogP contribution in [0.15, 0.2) is 82.6 Å². The van der Waals surface area contributed by atoms with Gasteiger partial charge in [-0.1, -0.05) is 48.2 Å². The minimum atomic E-state index is -0.600. The number of ether oxygens (including phenoxy) is 1. The summed E-state index contributed by atoms with van der Waals surface area (Å²) in [5.41, 5.74) is 2.40. The molecule has 0 spiro atoms. The van der Waals surface area contributed by atoms with E-state index in [1.807, 2.05) is 48.5 Å². The van der Waals surface area contributed by atoms with Crippen LogP contribution in [0.1, 0.15) is 10.4 Å². The van der Waals surface area contributed by atoms with Crippen LogP contribution in [0.2, 0.25) is 0 Å². The molecule has 1 aliphatic heterocycles. The van der Waals surface area contributed by atoms with Gasteiger partial charge in [-0.3, -0.25) is 9.69 Å². The number of nitrogens with one attached hydrogen (secondary N) is 1. The highest BCUT2D eigenvalue weighted by Crippen LogP contribution is 2.47. The standard InChI is InChI=1S/C23H20N2O4S/c26-14-13-24-17-8-2-1-7-16(17)23(28)29-15-22(27)25-18-9-3-5-11-20(18)30-21-12-6-4-10-19(21)25/h1-12,24,26H,13-15H2. The number of esters is 1. The molecule has 0 saturated heterocycles. The van der Waals surface area contributed by atoms with Gasteiger partial charge in [-0.05, 0) is 36.4 Å². The van der Waals surface area contributed by atoms with E-state index in [-0.39, 0.29) is 19.1 Å². The van der Waals surface area contributed by atoms with E-state index in [0.29, 0.717) is 17.8 Å². The first kappa shape index (κ1) is 20.0. The maximum absolute atomic E-state index is 13.1. The zero-order chi connectivity index (χ0) is 20.9. The molecule has 3 aromatic rings. The van der Waals surface area contributed by atoms with Gasteiger partial charge < -0.3 is 15.2 Å². The van der Waals surface area contributed by atoms with Gasteiger partial charge in [-0.15, -0.1) is 0 Å². The van der Waals surface area contributed by atoms with Crippen molar-refractivity contribution in [3.63, 3.8) is 0 Å². The van der Waals surface area contributed by atoms with Gasteiger partial charge in [0, 0.05) is 22.0 Å². The quantitative estimate of drug-likeness (QED) is 0.585. The number of anilines is 3. The molecule has 0 fully saturated rings. The molecule has 0 aliphatic carbocycles. The summed E-state index contributed by atoms with van der Waals surface area (Å²) >= 11 is 1.60. The van der Waals surface area contributed by atoms with E-state index in [4.69, 9.17) is 9.84 Å². The fraction of sp³-hybridized carbons (Fsp3) is 0.130. The summed E-state index contributed by atoms with van der Waals surface area (Å²) in [6, 6.07) is 22.1. The predicted octanol–water partition coefficient (Wildman–Crippen LogP) is 4.08. The molecule has 1 aliphatic rings. The van der Waals surface area contributed by atoms with Crippen molar-refractivity contribution in [1.29, 1.82) is 0 Å². The van der Waals surface area contributed by atoms with Gasteiger partial charge in [0.25, 0.3) is 5.91 Å². The molecule has 1 heterocycles. The largest absolute Gasteiger partial charge is 0.452 e. The lowest BCUT2D eigenvalue weighted by Gasteiger charge is -2.30. The molecule has 152 valence electrons. The molecular weight excluding hydrogens is 400 g/mol. The molecule has 0 aromatic heterocycles. The second-order valence-electron chi connectivity index (χ2n) is 6.54. The van der Waals surface area contributed by atoms with E-state index in [0.717, 1.165) is 21.2 Å². The summed E-state index contributed by atoms with van der Waals surface area (Å²) in [5, 5.41) is 12.0. The first-order valence-corrected chi connectivity index (χ1v) is 10.3. The van der Waals surface area contributed by atoms with E-state index in [1.54, 1.807) is 40.9 Å². The number of nitrogens with zero attached hydrogens (tertiary/aromatic N) is 1. The van der Waals surface area contributed by atoms with Crippen LogP contribution in [-0.4, -0.2) is 36.7 Å². The summed E-state index contributed by atoms with van der Waals surface area (Å²) in [4.78, 5) is 29.3. The topological polar surface area (TPSA) is 78.9 Å². The SMILES string of the molecule is O=C(OCC(=O)N1c2ccccc2Sc2ccccc21)c1ccccc1NCCO. The van der Waals surface area contributed by atoms with E-state index >= 15 is 0 Å². The van der Waals surface area contributed by atoms with Crippen LogP contribution in [0.25, 0.3) is 0 Å². The Balaban J connectivity index is 1.54. The monoisotopic (exact) mass is 420 g/mol. The average Bonchev–Trinajstić information content (AvgIpc) is 2.79. The molecule has 0 atom stereocenters. The van der Waals surface area contributed by atoms with E-state index in [1.165, 1.54) is 0 Å². The molecule has 0 saturated carbocycles. The lowest BCUT2D eigenvalue weighted by molar-refractivity contribution is -0.121. The van der Waals surface area contributed by atoms with E-state index in [9.17, 15) is 9.59 Å². The van der Waals surface area contributed by atoms with Crippen molar-refractivity contribution in [2.75, 3.05) is 30.0 Å². The fourth-order valence-corrected chi connectivity index (χ4v) is 4.31. The number of aliphatic hydroxyl groups is 1. The number of amides is 1. The molecule has 0 radical (unpaired) electrons. The van der Waals surface area contributed by atoms with Crippen molar-refractivity contribution in [3.8, 4) is 0 Å². The second kappa shape index (κ2) is 9.02. The number of hydrogen-bond donors (Lipinski definition) is 2. The number of rotatable bonds is 6. The Labute approximate surface area is 178 Å². The summed E-state index contributed by atoms with van der Waals surface area (Å²) < 4.78 is 5.35. The summed E-state index contributed by atoms with van der Waals surface area (Å²) in [5.74, 6) is -0.929. The Kier molecular flexibility index (Phi) is 6.02. The molecule has 0 bridgehead atoms. The van der Waals surface area contributed by atoms with Gasteiger partial charge in [0.1, 0.15) is 0 Å². The molecule has 2 N–H and O–H groups in total. The van der Waals surface area contributed by atoms with Gasteiger partial charge in [0.15, 0.2) is 6.61 Å². The van der Waals surface area contributed by atoms with Crippen LogP contribution in [0.5, 0.6) is 0 Å². The maximum Gasteiger partial charge on any atom is 0.340 e. The van der Waals surface area contributed by atoms with Crippen molar-refractivity contribution < 1.29 is 19.4 Å². The third-order valence-corrected chi connectivity index (χ3v) is 5.71. The third-order valence-electron chi connectivity index (χ3n) is 4.58. The molecule has 6 nitrogen and oxygen atoms in total. The highest BCUT2D eigenvalue weighted by atomic mass is 32.2. The van der Waals surface area contributed by atoms with Crippen LogP contribution >= 0.6 is 11.8 Å². The van der Waals surface area contributed by atoms with Gasteiger partial charge in [-0.2, -0.15) is 0 Å². The van der Waals surface area contributed by atoms with Crippen molar-refractivity contribution in [2.45, 2.75) is 9.79 Å². The Morgan fingerprint density at radius 1 is 0.900 bits per heavy atom. The zero-order valence-electron chi connectivity index (χ0n) is 16.1. The number of hydrogen-bond acceptors (Lipinski definition) is 6. The molecule has 7 heteroatoms. The van der Waals surface area contributed by atoms with Gasteiger partial charge in [-0.25, -0.2) is 4.79 Å². The van der Waals surface area contributed by atoms with Crippen LogP contribution < -0.4 is 10.2 Å². The third kappa shape index (κ3) is 4.03. The number of fused-ring (bicyclic) bond motifs is 2. The number of carbonyl (C=O) groups excluding carboxylic acids is 2. The number of carbonyl (C=O) groups is 2. The van der Waals surface area contributed by atoms with Crippen LogP contribution in [-0.2, 0) is 9.53 Å². The maximum atomic E-state index is 13.1. The van der Waals surface area contributed by atoms with Crippen LogP contribution in [0, 0.1) is 0 Å². The lowest BCUT2D eigenvalue weighted by Crippen LogP contribution is -2.32. The van der Waals surface area contributed by atoms with Crippen LogP contribution in [0.4, 0.5) is 17.1 Å². The molecule has 30 heavy (non-hydrogen) atoms. The van der Waals surface area contributed by atoms with E-state index in [2.05, 4.69) is 5.32 Å². The first-order chi connectivity index (χ1) is 14.7. The minimum Gasteiger partial charge on any atom is -0.452 e.